The van der Waals surface area contributed by atoms with Crippen molar-refractivity contribution < 1.29 is 13.9 Å². The van der Waals surface area contributed by atoms with Crippen molar-refractivity contribution in [1.82, 2.24) is 0 Å². The molecule has 4 aliphatic rings. The summed E-state index contributed by atoms with van der Waals surface area (Å²) < 4.78 is 21.4. The fourth-order valence-electron chi connectivity index (χ4n) is 6.38. The molecule has 0 radical (unpaired) electrons. The van der Waals surface area contributed by atoms with Crippen LogP contribution in [0.3, 0.4) is 0 Å². The fourth-order valence-corrected chi connectivity index (χ4v) is 6.38. The second kappa shape index (κ2) is 6.66. The Morgan fingerprint density at radius 2 is 1.62 bits per heavy atom. The van der Waals surface area contributed by atoms with Gasteiger partial charge in [-0.3, -0.25) is 4.79 Å². The van der Waals surface area contributed by atoms with Gasteiger partial charge in [0.2, 0.25) is 0 Å². The van der Waals surface area contributed by atoms with Crippen molar-refractivity contribution in [2.45, 2.75) is 49.9 Å². The first kappa shape index (κ1) is 18.8. The molecule has 4 saturated carbocycles. The highest BCUT2D eigenvalue weighted by atomic mass is 19.1. The molecule has 0 heterocycles. The molecule has 0 aliphatic heterocycles. The van der Waals surface area contributed by atoms with E-state index in [0.717, 1.165) is 17.5 Å². The zero-order valence-electron chi connectivity index (χ0n) is 16.8. The minimum Gasteiger partial charge on any atom is -0.451 e. The quantitative estimate of drug-likeness (QED) is 0.759. The lowest BCUT2D eigenvalue weighted by molar-refractivity contribution is -0.189. The Morgan fingerprint density at radius 1 is 1.03 bits per heavy atom. The molecular weight excluding hydrogens is 365 g/mol. The van der Waals surface area contributed by atoms with Gasteiger partial charge >= 0.3 is 5.97 Å². The molecule has 0 spiro atoms. The number of hydrogen-bond acceptors (Lipinski definition) is 3. The molecule has 0 aromatic heterocycles. The topological polar surface area (TPSA) is 52.3 Å². The van der Waals surface area contributed by atoms with Gasteiger partial charge in [0.05, 0.1) is 0 Å². The monoisotopic (exact) mass is 393 g/mol. The maximum absolute atomic E-state index is 15.2. The molecule has 2 N–H and O–H groups in total. The number of alkyl halides is 1. The van der Waals surface area contributed by atoms with E-state index in [1.54, 1.807) is 0 Å². The van der Waals surface area contributed by atoms with Crippen LogP contribution in [0, 0.1) is 23.7 Å². The summed E-state index contributed by atoms with van der Waals surface area (Å²) in [5.41, 5.74) is 6.42. The van der Waals surface area contributed by atoms with Crippen molar-refractivity contribution in [2.24, 2.45) is 29.4 Å². The second-order valence-electron chi connectivity index (χ2n) is 9.46. The van der Waals surface area contributed by atoms with Crippen molar-refractivity contribution in [3.8, 4) is 0 Å². The van der Waals surface area contributed by atoms with Crippen LogP contribution in [-0.4, -0.2) is 17.2 Å². The molecule has 2 aromatic rings. The average Bonchev–Trinajstić information content (AvgIpc) is 2.73. The lowest BCUT2D eigenvalue weighted by Gasteiger charge is -2.63. The normalized spacial score (nSPS) is 37.7. The number of benzene rings is 2. The highest BCUT2D eigenvalue weighted by Crippen LogP contribution is 2.63. The largest absolute Gasteiger partial charge is 0.451 e. The molecule has 152 valence electrons. The second-order valence-corrected chi connectivity index (χ2v) is 9.46. The highest BCUT2D eigenvalue weighted by Gasteiger charge is 2.67. The Balaban J connectivity index is 1.48. The Hall–Kier alpha value is -2.20. The highest BCUT2D eigenvalue weighted by molar-refractivity contribution is 5.83. The lowest BCUT2D eigenvalue weighted by Crippen LogP contribution is -2.72. The molecule has 6 atom stereocenters. The Morgan fingerprint density at radius 3 is 2.21 bits per heavy atom. The number of hydrogen-bond donors (Lipinski definition) is 1. The third-order valence-corrected chi connectivity index (χ3v) is 7.86. The molecule has 4 heteroatoms. The van der Waals surface area contributed by atoms with E-state index in [2.05, 4.69) is 6.92 Å². The van der Waals surface area contributed by atoms with Gasteiger partial charge in [0.25, 0.3) is 0 Å². The van der Waals surface area contributed by atoms with Gasteiger partial charge in [0.15, 0.2) is 6.10 Å². The number of carbonyl (C=O) groups is 1. The van der Waals surface area contributed by atoms with Crippen LogP contribution in [0.2, 0.25) is 0 Å². The summed E-state index contributed by atoms with van der Waals surface area (Å²) >= 11 is 0. The van der Waals surface area contributed by atoms with Crippen LogP contribution in [0.25, 0.3) is 0 Å². The molecule has 1 unspecified atom stereocenters. The summed E-state index contributed by atoms with van der Waals surface area (Å²) in [6.07, 6.45) is 1.71. The van der Waals surface area contributed by atoms with Gasteiger partial charge in [-0.25, -0.2) is 4.39 Å². The van der Waals surface area contributed by atoms with Crippen LogP contribution in [0.15, 0.2) is 60.7 Å². The SMILES string of the molecule is C[C@@H]1C2C[C@@H]3C[C@](F)(C2)C[C@H]1[C@@]3(N)C(=O)OC(c1ccccc1)c1ccccc1. The van der Waals surface area contributed by atoms with Gasteiger partial charge in [-0.15, -0.1) is 0 Å². The van der Waals surface area contributed by atoms with Crippen LogP contribution in [-0.2, 0) is 9.53 Å². The molecule has 0 saturated heterocycles. The molecule has 29 heavy (non-hydrogen) atoms. The summed E-state index contributed by atoms with van der Waals surface area (Å²) in [7, 11) is 0. The minimum absolute atomic E-state index is 0.138. The molecule has 4 bridgehead atoms. The summed E-state index contributed by atoms with van der Waals surface area (Å²) in [4.78, 5) is 13.6. The number of carbonyl (C=O) groups excluding carboxylic acids is 1. The van der Waals surface area contributed by atoms with E-state index in [9.17, 15) is 4.79 Å². The van der Waals surface area contributed by atoms with Crippen LogP contribution < -0.4 is 5.73 Å². The smallest absolute Gasteiger partial charge is 0.327 e. The maximum Gasteiger partial charge on any atom is 0.327 e. The van der Waals surface area contributed by atoms with E-state index in [-0.39, 0.29) is 23.7 Å². The van der Waals surface area contributed by atoms with E-state index in [1.165, 1.54) is 0 Å². The van der Waals surface area contributed by atoms with Crippen molar-refractivity contribution >= 4 is 5.97 Å². The third-order valence-electron chi connectivity index (χ3n) is 7.86. The first-order valence-electron chi connectivity index (χ1n) is 10.7. The zero-order valence-corrected chi connectivity index (χ0v) is 16.8. The van der Waals surface area contributed by atoms with Crippen molar-refractivity contribution in [1.29, 1.82) is 0 Å². The predicted molar refractivity (Wildman–Crippen MR) is 110 cm³/mol. The number of nitrogens with two attached hydrogens (primary N) is 1. The molecule has 4 aliphatic carbocycles. The van der Waals surface area contributed by atoms with Crippen molar-refractivity contribution in [3.63, 3.8) is 0 Å². The number of ether oxygens (including phenoxy) is 1. The summed E-state index contributed by atoms with van der Waals surface area (Å²) in [6.45, 7) is 2.14. The summed E-state index contributed by atoms with van der Waals surface area (Å²) in [5, 5.41) is 0. The minimum atomic E-state index is -1.15. The molecule has 6 rings (SSSR count). The fraction of sp³-hybridized carbons (Fsp3) is 0.480. The number of esters is 1. The predicted octanol–water partition coefficient (Wildman–Crippen LogP) is 4.81. The standard InChI is InChI=1S/C25H28FNO2/c1-16-19-12-20-14-24(26,13-19)15-21(16)25(20,27)23(28)29-22(17-8-4-2-5-9-17)18-10-6-3-7-11-18/h2-11,16,19-22H,12-15,27H2,1H3/t16-,19?,20-,21-,24-,25-/m1/s1. The average molecular weight is 394 g/mol. The zero-order chi connectivity index (χ0) is 20.2. The molecule has 2 aromatic carbocycles. The van der Waals surface area contributed by atoms with Crippen molar-refractivity contribution in [3.05, 3.63) is 71.8 Å². The van der Waals surface area contributed by atoms with E-state index in [0.29, 0.717) is 25.2 Å². The first-order valence-corrected chi connectivity index (χ1v) is 10.7. The van der Waals surface area contributed by atoms with Crippen LogP contribution in [0.4, 0.5) is 4.39 Å². The molecule has 3 nitrogen and oxygen atoms in total. The summed E-state index contributed by atoms with van der Waals surface area (Å²) in [5.74, 6) is -0.0836. The molecule has 0 amide bonds. The van der Waals surface area contributed by atoms with Gasteiger partial charge < -0.3 is 10.5 Å². The van der Waals surface area contributed by atoms with Crippen molar-refractivity contribution in [2.75, 3.05) is 0 Å². The van der Waals surface area contributed by atoms with Crippen LogP contribution in [0.5, 0.6) is 0 Å². The molecule has 4 fully saturated rings. The van der Waals surface area contributed by atoms with E-state index in [4.69, 9.17) is 10.5 Å². The van der Waals surface area contributed by atoms with E-state index in [1.807, 2.05) is 60.7 Å². The Kier molecular flexibility index (Phi) is 4.32. The van der Waals surface area contributed by atoms with Gasteiger partial charge in [0.1, 0.15) is 11.2 Å². The maximum atomic E-state index is 15.2. The van der Waals surface area contributed by atoms with Gasteiger partial charge in [0, 0.05) is 0 Å². The summed E-state index contributed by atoms with van der Waals surface area (Å²) in [6, 6.07) is 19.5. The third kappa shape index (κ3) is 2.92. The van der Waals surface area contributed by atoms with Crippen LogP contribution in [0.1, 0.15) is 49.8 Å². The Bertz CT molecular complexity index is 864. The Labute approximate surface area is 171 Å². The first-order chi connectivity index (χ1) is 13.9. The van der Waals surface area contributed by atoms with Crippen LogP contribution >= 0.6 is 0 Å². The lowest BCUT2D eigenvalue weighted by atomic mass is 9.44. The van der Waals surface area contributed by atoms with Gasteiger partial charge in [-0.2, -0.15) is 0 Å². The number of rotatable bonds is 4. The molecular formula is C25H28FNO2. The van der Waals surface area contributed by atoms with Gasteiger partial charge in [-0.1, -0.05) is 67.6 Å². The number of halogens is 1. The van der Waals surface area contributed by atoms with E-state index >= 15 is 4.39 Å². The van der Waals surface area contributed by atoms with E-state index < -0.39 is 17.3 Å². The van der Waals surface area contributed by atoms with Gasteiger partial charge in [-0.05, 0) is 60.5 Å².